The number of hydrogen-bond acceptors (Lipinski definition) is 4. The predicted octanol–water partition coefficient (Wildman–Crippen LogP) is 1.12. The summed E-state index contributed by atoms with van der Waals surface area (Å²) in [6.07, 6.45) is -3.35. The lowest BCUT2D eigenvalue weighted by Crippen LogP contribution is -2.14. The van der Waals surface area contributed by atoms with E-state index >= 15 is 0 Å². The highest BCUT2D eigenvalue weighted by Crippen LogP contribution is 2.23. The molecule has 5 nitrogen and oxygen atoms in total. The van der Waals surface area contributed by atoms with Gasteiger partial charge in [-0.05, 0) is 6.92 Å². The molecule has 0 atom stereocenters. The van der Waals surface area contributed by atoms with E-state index in [0.29, 0.717) is 0 Å². The highest BCUT2D eigenvalue weighted by atomic mass is 19.3. The predicted molar refractivity (Wildman–Crippen MR) is 54.0 cm³/mol. The molecule has 7 heteroatoms. The Bertz CT molecular complexity index is 470. The first kappa shape index (κ1) is 13.1. The van der Waals surface area contributed by atoms with Crippen LogP contribution in [0.4, 0.5) is 8.78 Å². The summed E-state index contributed by atoms with van der Waals surface area (Å²) in [5.74, 6) is -1.68. The minimum Gasteiger partial charge on any atom is -0.503 e. The summed E-state index contributed by atoms with van der Waals surface area (Å²) >= 11 is 0. The number of aromatic amines is 1. The van der Waals surface area contributed by atoms with Crippen LogP contribution in [0, 0.1) is 0 Å². The second kappa shape index (κ2) is 5.42. The number of halogens is 2. The molecule has 0 amide bonds. The Hall–Kier alpha value is -1.92. The molecule has 1 rings (SSSR count). The molecule has 0 aliphatic heterocycles. The minimum atomic E-state index is -3.02. The normalized spacial score (nSPS) is 10.6. The van der Waals surface area contributed by atoms with Crippen LogP contribution in [0.1, 0.15) is 24.7 Å². The van der Waals surface area contributed by atoms with Gasteiger partial charge in [-0.2, -0.15) is 0 Å². The van der Waals surface area contributed by atoms with Gasteiger partial charge in [-0.1, -0.05) is 0 Å². The van der Waals surface area contributed by atoms with Crippen LogP contribution >= 0.6 is 0 Å². The molecule has 0 aromatic carbocycles. The number of H-pyrrole nitrogens is 1. The molecular weight excluding hydrogens is 236 g/mol. The van der Waals surface area contributed by atoms with Crippen LogP contribution in [0.5, 0.6) is 5.75 Å². The maximum Gasteiger partial charge on any atom is 0.311 e. The molecule has 0 bridgehead atoms. The van der Waals surface area contributed by atoms with E-state index in [2.05, 4.69) is 9.72 Å². The Morgan fingerprint density at radius 3 is 2.76 bits per heavy atom. The van der Waals surface area contributed by atoms with Gasteiger partial charge in [0.05, 0.1) is 13.0 Å². The van der Waals surface area contributed by atoms with Crippen LogP contribution in [-0.4, -0.2) is 22.7 Å². The van der Waals surface area contributed by atoms with Gasteiger partial charge in [-0.15, -0.1) is 0 Å². The van der Waals surface area contributed by atoms with Crippen molar-refractivity contribution in [3.63, 3.8) is 0 Å². The summed E-state index contributed by atoms with van der Waals surface area (Å²) in [7, 11) is 0. The van der Waals surface area contributed by atoms with Gasteiger partial charge in [0.25, 0.3) is 6.43 Å². The fourth-order valence-corrected chi connectivity index (χ4v) is 1.25. The molecule has 0 spiro atoms. The lowest BCUT2D eigenvalue weighted by molar-refractivity contribution is -0.142. The third-order valence-electron chi connectivity index (χ3n) is 1.95. The Morgan fingerprint density at radius 2 is 2.24 bits per heavy atom. The lowest BCUT2D eigenvalue weighted by Gasteiger charge is -2.07. The van der Waals surface area contributed by atoms with E-state index in [-0.39, 0.29) is 18.7 Å². The molecule has 0 unspecified atom stereocenters. The number of hydrogen-bond donors (Lipinski definition) is 2. The van der Waals surface area contributed by atoms with Crippen molar-refractivity contribution in [3.8, 4) is 5.75 Å². The first-order valence-corrected chi connectivity index (χ1v) is 4.84. The van der Waals surface area contributed by atoms with Gasteiger partial charge < -0.3 is 14.8 Å². The van der Waals surface area contributed by atoms with Crippen LogP contribution in [-0.2, 0) is 16.0 Å². The summed E-state index contributed by atoms with van der Waals surface area (Å²) in [6, 6.07) is 0.887. The highest BCUT2D eigenvalue weighted by Gasteiger charge is 2.18. The van der Waals surface area contributed by atoms with E-state index in [1.807, 2.05) is 0 Å². The standard InChI is InChI=1S/C10H11F2NO4/c1-2-17-7(15)4-5-3-6(14)9(16)8(13-5)10(11)12/h3,10,16H,2,4H2,1H3,(H,13,14). The van der Waals surface area contributed by atoms with Crippen molar-refractivity contribution < 1.29 is 23.4 Å². The van der Waals surface area contributed by atoms with Gasteiger partial charge in [0.15, 0.2) is 5.75 Å². The van der Waals surface area contributed by atoms with Crippen LogP contribution < -0.4 is 5.43 Å². The van der Waals surface area contributed by atoms with E-state index < -0.39 is 29.3 Å². The zero-order chi connectivity index (χ0) is 13.0. The largest absolute Gasteiger partial charge is 0.503 e. The molecule has 0 aliphatic carbocycles. The van der Waals surface area contributed by atoms with Gasteiger partial charge in [0, 0.05) is 11.8 Å². The summed E-state index contributed by atoms with van der Waals surface area (Å²) < 4.78 is 29.5. The van der Waals surface area contributed by atoms with Gasteiger partial charge in [0.1, 0.15) is 5.69 Å². The van der Waals surface area contributed by atoms with Gasteiger partial charge in [-0.25, -0.2) is 8.78 Å². The zero-order valence-corrected chi connectivity index (χ0v) is 9.00. The first-order chi connectivity index (χ1) is 7.95. The number of ether oxygens (including phenoxy) is 1. The van der Waals surface area contributed by atoms with Gasteiger partial charge in [-0.3, -0.25) is 9.59 Å². The zero-order valence-electron chi connectivity index (χ0n) is 9.00. The van der Waals surface area contributed by atoms with Crippen molar-refractivity contribution in [2.75, 3.05) is 6.61 Å². The quantitative estimate of drug-likeness (QED) is 0.781. The summed E-state index contributed by atoms with van der Waals surface area (Å²) in [4.78, 5) is 24.4. The molecular formula is C10H11F2NO4. The second-order valence-electron chi connectivity index (χ2n) is 3.20. The molecule has 1 aromatic heterocycles. The molecule has 0 radical (unpaired) electrons. The van der Waals surface area contributed by atoms with Crippen molar-refractivity contribution in [2.45, 2.75) is 19.8 Å². The summed E-state index contributed by atoms with van der Waals surface area (Å²) in [5.41, 5.74) is -1.88. The lowest BCUT2D eigenvalue weighted by atomic mass is 10.2. The Labute approximate surface area is 95.0 Å². The molecule has 17 heavy (non-hydrogen) atoms. The number of carbonyl (C=O) groups is 1. The van der Waals surface area contributed by atoms with Crippen molar-refractivity contribution >= 4 is 5.97 Å². The van der Waals surface area contributed by atoms with Crippen LogP contribution in [0.15, 0.2) is 10.9 Å². The minimum absolute atomic E-state index is 0.0263. The smallest absolute Gasteiger partial charge is 0.311 e. The summed E-state index contributed by atoms with van der Waals surface area (Å²) in [5, 5.41) is 9.09. The molecule has 0 fully saturated rings. The van der Waals surface area contributed by atoms with Crippen LogP contribution in [0.3, 0.4) is 0 Å². The van der Waals surface area contributed by atoms with E-state index in [4.69, 9.17) is 5.11 Å². The van der Waals surface area contributed by atoms with Gasteiger partial charge >= 0.3 is 5.97 Å². The van der Waals surface area contributed by atoms with E-state index in [1.165, 1.54) is 0 Å². The fourth-order valence-electron chi connectivity index (χ4n) is 1.25. The number of nitrogens with one attached hydrogen (secondary N) is 1. The third kappa shape index (κ3) is 3.27. The molecule has 0 saturated heterocycles. The number of pyridine rings is 1. The average molecular weight is 247 g/mol. The SMILES string of the molecule is CCOC(=O)Cc1cc(=O)c(O)c(C(F)F)[nH]1. The highest BCUT2D eigenvalue weighted by molar-refractivity contribution is 5.72. The molecule has 0 aliphatic rings. The Kier molecular flexibility index (Phi) is 4.19. The second-order valence-corrected chi connectivity index (χ2v) is 3.20. The topological polar surface area (TPSA) is 79.4 Å². The number of esters is 1. The molecule has 0 saturated carbocycles. The Morgan fingerprint density at radius 1 is 1.59 bits per heavy atom. The van der Waals surface area contributed by atoms with Crippen LogP contribution in [0.2, 0.25) is 0 Å². The molecule has 1 aromatic rings. The van der Waals surface area contributed by atoms with E-state index in [9.17, 15) is 18.4 Å². The Balaban J connectivity index is 3.03. The molecule has 2 N–H and O–H groups in total. The average Bonchev–Trinajstić information content (AvgIpc) is 2.23. The number of alkyl halides is 2. The monoisotopic (exact) mass is 247 g/mol. The maximum absolute atomic E-state index is 12.4. The van der Waals surface area contributed by atoms with Crippen LogP contribution in [0.25, 0.3) is 0 Å². The van der Waals surface area contributed by atoms with Crippen molar-refractivity contribution in [1.82, 2.24) is 4.98 Å². The first-order valence-electron chi connectivity index (χ1n) is 4.84. The van der Waals surface area contributed by atoms with Crippen molar-refractivity contribution in [2.24, 2.45) is 0 Å². The van der Waals surface area contributed by atoms with Gasteiger partial charge in [0.2, 0.25) is 5.43 Å². The third-order valence-corrected chi connectivity index (χ3v) is 1.95. The number of aromatic nitrogens is 1. The number of aromatic hydroxyl groups is 1. The number of rotatable bonds is 4. The van der Waals surface area contributed by atoms with Crippen molar-refractivity contribution in [1.29, 1.82) is 0 Å². The molecule has 94 valence electrons. The van der Waals surface area contributed by atoms with E-state index in [0.717, 1.165) is 6.07 Å². The number of carbonyl (C=O) groups excluding carboxylic acids is 1. The summed E-state index contributed by atoms with van der Waals surface area (Å²) in [6.45, 7) is 1.75. The van der Waals surface area contributed by atoms with E-state index in [1.54, 1.807) is 6.92 Å². The molecule has 1 heterocycles. The van der Waals surface area contributed by atoms with Crippen molar-refractivity contribution in [3.05, 3.63) is 27.7 Å². The maximum atomic E-state index is 12.4. The fraction of sp³-hybridized carbons (Fsp3) is 0.400.